The molecule has 2 aromatic heterocycles. The minimum absolute atomic E-state index is 0.290. The standard InChI is InChI=1S/C15H10FN5/c16-10-6-7-14-12(8-10)13(9-17-14)15-18-19-20-21(15)11-4-2-1-3-5-11/h1-9,17H. The Morgan fingerprint density at radius 2 is 1.90 bits per heavy atom. The molecule has 5 nitrogen and oxygen atoms in total. The molecule has 0 spiro atoms. The van der Waals surface area contributed by atoms with E-state index in [1.165, 1.54) is 12.1 Å². The number of tetrazole rings is 1. The van der Waals surface area contributed by atoms with E-state index in [1.807, 2.05) is 30.3 Å². The minimum Gasteiger partial charge on any atom is -0.360 e. The van der Waals surface area contributed by atoms with E-state index in [4.69, 9.17) is 0 Å². The Morgan fingerprint density at radius 3 is 2.76 bits per heavy atom. The van der Waals surface area contributed by atoms with Crippen LogP contribution in [-0.4, -0.2) is 25.2 Å². The third-order valence-corrected chi connectivity index (χ3v) is 3.35. The Bertz CT molecular complexity index is 910. The van der Waals surface area contributed by atoms with E-state index in [0.29, 0.717) is 5.82 Å². The average molecular weight is 279 g/mol. The Kier molecular flexibility index (Phi) is 2.53. The first-order chi connectivity index (χ1) is 10.3. The van der Waals surface area contributed by atoms with Gasteiger partial charge in [0, 0.05) is 22.7 Å². The molecule has 21 heavy (non-hydrogen) atoms. The number of benzene rings is 2. The van der Waals surface area contributed by atoms with Crippen molar-refractivity contribution in [1.29, 1.82) is 0 Å². The van der Waals surface area contributed by atoms with Gasteiger partial charge in [0.05, 0.1) is 5.69 Å². The second kappa shape index (κ2) is 4.52. The highest BCUT2D eigenvalue weighted by atomic mass is 19.1. The van der Waals surface area contributed by atoms with Crippen molar-refractivity contribution < 1.29 is 4.39 Å². The molecule has 2 heterocycles. The van der Waals surface area contributed by atoms with Crippen molar-refractivity contribution in [2.24, 2.45) is 0 Å². The molecular weight excluding hydrogens is 269 g/mol. The van der Waals surface area contributed by atoms with Gasteiger partial charge in [0.2, 0.25) is 0 Å². The van der Waals surface area contributed by atoms with E-state index < -0.39 is 0 Å². The van der Waals surface area contributed by atoms with Crippen molar-refractivity contribution >= 4 is 10.9 Å². The first kappa shape index (κ1) is 11.8. The largest absolute Gasteiger partial charge is 0.360 e. The van der Waals surface area contributed by atoms with Gasteiger partial charge in [-0.15, -0.1) is 5.10 Å². The fourth-order valence-corrected chi connectivity index (χ4v) is 2.38. The molecule has 0 unspecified atom stereocenters. The third kappa shape index (κ3) is 1.88. The predicted octanol–water partition coefficient (Wildman–Crippen LogP) is 2.95. The predicted molar refractivity (Wildman–Crippen MR) is 76.4 cm³/mol. The summed E-state index contributed by atoms with van der Waals surface area (Å²) in [5.41, 5.74) is 2.45. The van der Waals surface area contributed by atoms with Crippen molar-refractivity contribution in [3.63, 3.8) is 0 Å². The molecular formula is C15H10FN5. The zero-order valence-electron chi connectivity index (χ0n) is 10.9. The number of para-hydroxylation sites is 1. The van der Waals surface area contributed by atoms with Crippen LogP contribution in [0.4, 0.5) is 4.39 Å². The normalized spacial score (nSPS) is 11.1. The highest BCUT2D eigenvalue weighted by Gasteiger charge is 2.15. The molecule has 0 saturated carbocycles. The topological polar surface area (TPSA) is 59.4 Å². The number of H-pyrrole nitrogens is 1. The maximum absolute atomic E-state index is 13.5. The maximum atomic E-state index is 13.5. The van der Waals surface area contributed by atoms with Crippen molar-refractivity contribution in [3.8, 4) is 17.1 Å². The van der Waals surface area contributed by atoms with Crippen LogP contribution in [0, 0.1) is 5.82 Å². The molecule has 0 bridgehead atoms. The molecule has 0 saturated heterocycles. The molecule has 0 radical (unpaired) electrons. The second-order valence-electron chi connectivity index (χ2n) is 4.64. The van der Waals surface area contributed by atoms with Gasteiger partial charge in [-0.05, 0) is 40.8 Å². The molecule has 0 atom stereocenters. The summed E-state index contributed by atoms with van der Waals surface area (Å²) in [6.45, 7) is 0. The second-order valence-corrected chi connectivity index (χ2v) is 4.64. The van der Waals surface area contributed by atoms with Crippen molar-refractivity contribution in [2.75, 3.05) is 0 Å². The summed E-state index contributed by atoms with van der Waals surface area (Å²) >= 11 is 0. The summed E-state index contributed by atoms with van der Waals surface area (Å²) in [7, 11) is 0. The molecule has 6 heteroatoms. The van der Waals surface area contributed by atoms with Gasteiger partial charge in [0.1, 0.15) is 5.82 Å². The van der Waals surface area contributed by atoms with E-state index in [9.17, 15) is 4.39 Å². The van der Waals surface area contributed by atoms with Crippen LogP contribution >= 0.6 is 0 Å². The Morgan fingerprint density at radius 1 is 1.05 bits per heavy atom. The van der Waals surface area contributed by atoms with Gasteiger partial charge in [0.15, 0.2) is 5.82 Å². The maximum Gasteiger partial charge on any atom is 0.189 e. The summed E-state index contributed by atoms with van der Waals surface area (Å²) in [6, 6.07) is 14.2. The van der Waals surface area contributed by atoms with Crippen molar-refractivity contribution in [3.05, 3.63) is 60.5 Å². The highest BCUT2D eigenvalue weighted by Crippen LogP contribution is 2.28. The highest BCUT2D eigenvalue weighted by molar-refractivity contribution is 5.94. The fourth-order valence-electron chi connectivity index (χ4n) is 2.38. The van der Waals surface area contributed by atoms with Crippen LogP contribution in [0.3, 0.4) is 0 Å². The number of fused-ring (bicyclic) bond motifs is 1. The lowest BCUT2D eigenvalue weighted by Gasteiger charge is -2.03. The van der Waals surface area contributed by atoms with Gasteiger partial charge in [-0.3, -0.25) is 0 Å². The zero-order valence-corrected chi connectivity index (χ0v) is 10.9. The number of rotatable bonds is 2. The van der Waals surface area contributed by atoms with Gasteiger partial charge in [-0.1, -0.05) is 18.2 Å². The van der Waals surface area contributed by atoms with Crippen molar-refractivity contribution in [1.82, 2.24) is 25.2 Å². The lowest BCUT2D eigenvalue weighted by Crippen LogP contribution is -1.99. The fraction of sp³-hybridized carbons (Fsp3) is 0. The van der Waals surface area contributed by atoms with Gasteiger partial charge in [0.25, 0.3) is 0 Å². The monoisotopic (exact) mass is 279 g/mol. The Balaban J connectivity index is 1.95. The average Bonchev–Trinajstić information content (AvgIpc) is 3.13. The van der Waals surface area contributed by atoms with Crippen LogP contribution in [0.5, 0.6) is 0 Å². The van der Waals surface area contributed by atoms with Crippen LogP contribution in [0.1, 0.15) is 0 Å². The number of nitrogens with zero attached hydrogens (tertiary/aromatic N) is 4. The number of aromatic nitrogens is 5. The molecule has 0 aliphatic heterocycles. The molecule has 0 amide bonds. The number of halogens is 1. The minimum atomic E-state index is -0.290. The first-order valence-electron chi connectivity index (χ1n) is 6.44. The van der Waals surface area contributed by atoms with Gasteiger partial charge in [-0.25, -0.2) is 4.39 Å². The smallest absolute Gasteiger partial charge is 0.189 e. The first-order valence-corrected chi connectivity index (χ1v) is 6.44. The van der Waals surface area contributed by atoms with Crippen LogP contribution in [-0.2, 0) is 0 Å². The summed E-state index contributed by atoms with van der Waals surface area (Å²) < 4.78 is 15.1. The van der Waals surface area contributed by atoms with Gasteiger partial charge < -0.3 is 4.98 Å². The summed E-state index contributed by atoms with van der Waals surface area (Å²) in [4.78, 5) is 3.11. The van der Waals surface area contributed by atoms with E-state index >= 15 is 0 Å². The lowest BCUT2D eigenvalue weighted by molar-refractivity contribution is 0.630. The van der Waals surface area contributed by atoms with Crippen LogP contribution < -0.4 is 0 Å². The molecule has 0 aliphatic carbocycles. The van der Waals surface area contributed by atoms with Crippen LogP contribution in [0.25, 0.3) is 28.0 Å². The number of hydrogen-bond acceptors (Lipinski definition) is 3. The van der Waals surface area contributed by atoms with E-state index in [-0.39, 0.29) is 5.82 Å². The molecule has 102 valence electrons. The Hall–Kier alpha value is -3.02. The SMILES string of the molecule is Fc1ccc2[nH]cc(-c3nnnn3-c3ccccc3)c2c1. The molecule has 2 aromatic carbocycles. The van der Waals surface area contributed by atoms with E-state index in [2.05, 4.69) is 20.5 Å². The number of aromatic amines is 1. The van der Waals surface area contributed by atoms with E-state index in [0.717, 1.165) is 22.2 Å². The third-order valence-electron chi connectivity index (χ3n) is 3.35. The number of nitrogens with one attached hydrogen (secondary N) is 1. The molecule has 0 fully saturated rings. The molecule has 0 aliphatic rings. The summed E-state index contributed by atoms with van der Waals surface area (Å²) in [5, 5.41) is 12.6. The van der Waals surface area contributed by atoms with Crippen LogP contribution in [0.2, 0.25) is 0 Å². The van der Waals surface area contributed by atoms with Crippen molar-refractivity contribution in [2.45, 2.75) is 0 Å². The van der Waals surface area contributed by atoms with E-state index in [1.54, 1.807) is 16.9 Å². The molecule has 4 aromatic rings. The van der Waals surface area contributed by atoms with Gasteiger partial charge in [-0.2, -0.15) is 4.68 Å². The Labute approximate surface area is 119 Å². The zero-order chi connectivity index (χ0) is 14.2. The molecule has 4 rings (SSSR count). The van der Waals surface area contributed by atoms with Gasteiger partial charge >= 0.3 is 0 Å². The molecule has 1 N–H and O–H groups in total. The van der Waals surface area contributed by atoms with Crippen LogP contribution in [0.15, 0.2) is 54.7 Å². The number of hydrogen-bond donors (Lipinski definition) is 1. The quantitative estimate of drug-likeness (QED) is 0.613. The summed E-state index contributed by atoms with van der Waals surface area (Å²) in [6.07, 6.45) is 1.79. The lowest BCUT2D eigenvalue weighted by atomic mass is 10.1. The summed E-state index contributed by atoms with van der Waals surface area (Å²) in [5.74, 6) is 0.278.